The molecule has 0 heterocycles. The van der Waals surface area contributed by atoms with Crippen molar-refractivity contribution >= 4 is 21.8 Å². The van der Waals surface area contributed by atoms with Gasteiger partial charge in [-0.05, 0) is 29.8 Å². The van der Waals surface area contributed by atoms with Crippen molar-refractivity contribution in [3.05, 3.63) is 60.2 Å². The molecule has 0 aliphatic carbocycles. The zero-order valence-corrected chi connectivity index (χ0v) is 13.7. The number of amides is 1. The second-order valence-corrected chi connectivity index (χ2v) is 6.66. The summed E-state index contributed by atoms with van der Waals surface area (Å²) in [6.45, 7) is 0.145. The van der Waals surface area contributed by atoms with Crippen LogP contribution in [0.2, 0.25) is 0 Å². The predicted octanol–water partition coefficient (Wildman–Crippen LogP) is 2.10. The molecule has 7 nitrogen and oxygen atoms in total. The number of hydrogen-bond acceptors (Lipinski definition) is 5. The van der Waals surface area contributed by atoms with Crippen molar-refractivity contribution in [1.29, 1.82) is 0 Å². The monoisotopic (exact) mass is 350 g/mol. The molecule has 0 aliphatic rings. The van der Waals surface area contributed by atoms with Gasteiger partial charge in [-0.3, -0.25) is 5.32 Å². The Labute approximate surface area is 140 Å². The molecule has 0 bridgehead atoms. The minimum atomic E-state index is -3.55. The maximum absolute atomic E-state index is 11.7. The van der Waals surface area contributed by atoms with Crippen LogP contribution in [-0.2, 0) is 21.4 Å². The first-order chi connectivity index (χ1) is 11.4. The van der Waals surface area contributed by atoms with Gasteiger partial charge in [0.15, 0.2) is 0 Å². The van der Waals surface area contributed by atoms with E-state index in [2.05, 4.69) is 5.32 Å². The minimum Gasteiger partial charge on any atom is -0.492 e. The zero-order chi connectivity index (χ0) is 17.4. The van der Waals surface area contributed by atoms with E-state index in [4.69, 9.17) is 14.6 Å². The van der Waals surface area contributed by atoms with Gasteiger partial charge in [-0.2, -0.15) is 0 Å². The number of nitrogens with one attached hydrogen (secondary N) is 1. The number of rotatable bonds is 7. The Hall–Kier alpha value is -2.58. The summed E-state index contributed by atoms with van der Waals surface area (Å²) >= 11 is 0. The van der Waals surface area contributed by atoms with Crippen molar-refractivity contribution in [2.75, 3.05) is 17.7 Å². The van der Waals surface area contributed by atoms with Gasteiger partial charge in [0.25, 0.3) is 0 Å². The highest BCUT2D eigenvalue weighted by Crippen LogP contribution is 2.16. The lowest BCUT2D eigenvalue weighted by atomic mass is 10.2. The summed E-state index contributed by atoms with van der Waals surface area (Å²) in [5.74, 6) is 0.209. The van der Waals surface area contributed by atoms with Crippen LogP contribution in [0.25, 0.3) is 0 Å². The molecule has 0 saturated heterocycles. The molecule has 0 aliphatic heterocycles. The smallest absolute Gasteiger partial charge is 0.411 e. The Morgan fingerprint density at radius 3 is 2.33 bits per heavy atom. The fraction of sp³-hybridized carbons (Fsp3) is 0.188. The fourth-order valence-corrected chi connectivity index (χ4v) is 2.10. The Balaban J connectivity index is 1.77. The molecule has 0 fully saturated rings. The summed E-state index contributed by atoms with van der Waals surface area (Å²) in [6.07, 6.45) is -0.568. The number of nitrogens with two attached hydrogens (primary N) is 1. The first-order valence-corrected chi connectivity index (χ1v) is 8.85. The third-order valence-electron chi connectivity index (χ3n) is 2.95. The second-order valence-electron chi connectivity index (χ2n) is 4.93. The van der Waals surface area contributed by atoms with Crippen LogP contribution in [-0.4, -0.2) is 26.9 Å². The summed E-state index contributed by atoms with van der Waals surface area (Å²) in [5, 5.41) is 7.47. The van der Waals surface area contributed by atoms with Gasteiger partial charge in [-0.15, -0.1) is 0 Å². The highest BCUT2D eigenvalue weighted by molar-refractivity contribution is 7.89. The molecule has 2 aromatic rings. The van der Waals surface area contributed by atoms with E-state index in [1.165, 1.54) is 0 Å². The van der Waals surface area contributed by atoms with Gasteiger partial charge in [0.2, 0.25) is 10.0 Å². The minimum absolute atomic E-state index is 0.0370. The average molecular weight is 350 g/mol. The lowest BCUT2D eigenvalue weighted by Gasteiger charge is -2.09. The van der Waals surface area contributed by atoms with E-state index in [0.29, 0.717) is 11.4 Å². The summed E-state index contributed by atoms with van der Waals surface area (Å²) in [5.41, 5.74) is 1.43. The molecule has 0 radical (unpaired) electrons. The van der Waals surface area contributed by atoms with Crippen molar-refractivity contribution < 1.29 is 22.7 Å². The van der Waals surface area contributed by atoms with Crippen molar-refractivity contribution in [1.82, 2.24) is 0 Å². The van der Waals surface area contributed by atoms with Crippen LogP contribution in [0.3, 0.4) is 0 Å². The number of carbonyl (C=O) groups excluding carboxylic acids is 1. The van der Waals surface area contributed by atoms with Gasteiger partial charge < -0.3 is 9.47 Å². The van der Waals surface area contributed by atoms with Gasteiger partial charge in [0, 0.05) is 5.69 Å². The lowest BCUT2D eigenvalue weighted by molar-refractivity contribution is 0.155. The largest absolute Gasteiger partial charge is 0.492 e. The van der Waals surface area contributed by atoms with Crippen molar-refractivity contribution in [2.24, 2.45) is 5.14 Å². The molecule has 0 spiro atoms. The Bertz CT molecular complexity index is 761. The molecular weight excluding hydrogens is 332 g/mol. The third-order valence-corrected chi connectivity index (χ3v) is 3.69. The van der Waals surface area contributed by atoms with Gasteiger partial charge in [0.1, 0.15) is 19.0 Å². The molecule has 0 atom stereocenters. The second kappa shape index (κ2) is 8.32. The number of primary sulfonamides is 1. The van der Waals surface area contributed by atoms with Gasteiger partial charge in [-0.25, -0.2) is 18.4 Å². The number of sulfonamides is 1. The van der Waals surface area contributed by atoms with Crippen molar-refractivity contribution in [3.63, 3.8) is 0 Å². The first kappa shape index (κ1) is 17.8. The van der Waals surface area contributed by atoms with E-state index < -0.39 is 16.1 Å². The van der Waals surface area contributed by atoms with E-state index in [1.807, 2.05) is 30.3 Å². The summed E-state index contributed by atoms with van der Waals surface area (Å²) in [7, 11) is -3.55. The van der Waals surface area contributed by atoms with Gasteiger partial charge in [0.05, 0.1) is 5.75 Å². The molecule has 2 aromatic carbocycles. The normalized spacial score (nSPS) is 10.9. The molecule has 1 amide bonds. The van der Waals surface area contributed by atoms with Crippen LogP contribution in [0.1, 0.15) is 5.56 Å². The third kappa shape index (κ3) is 6.67. The quantitative estimate of drug-likeness (QED) is 0.795. The van der Waals surface area contributed by atoms with Crippen LogP contribution in [0.4, 0.5) is 10.5 Å². The van der Waals surface area contributed by atoms with Gasteiger partial charge >= 0.3 is 6.09 Å². The lowest BCUT2D eigenvalue weighted by Crippen LogP contribution is -2.21. The molecule has 24 heavy (non-hydrogen) atoms. The molecular formula is C16H18N2O5S. The molecule has 3 N–H and O–H groups in total. The zero-order valence-electron chi connectivity index (χ0n) is 12.8. The maximum atomic E-state index is 11.7. The van der Waals surface area contributed by atoms with Gasteiger partial charge in [-0.1, -0.05) is 30.3 Å². The molecule has 128 valence electrons. The van der Waals surface area contributed by atoms with Crippen molar-refractivity contribution in [2.45, 2.75) is 6.61 Å². The molecule has 0 saturated carbocycles. The van der Waals surface area contributed by atoms with E-state index in [0.717, 1.165) is 5.56 Å². The molecule has 2 rings (SSSR count). The number of ether oxygens (including phenoxy) is 2. The Kier molecular flexibility index (Phi) is 6.16. The van der Waals surface area contributed by atoms with Crippen LogP contribution in [0.15, 0.2) is 54.6 Å². The van der Waals surface area contributed by atoms with Crippen LogP contribution in [0, 0.1) is 0 Å². The van der Waals surface area contributed by atoms with E-state index in [-0.39, 0.29) is 19.0 Å². The Morgan fingerprint density at radius 1 is 1.04 bits per heavy atom. The first-order valence-electron chi connectivity index (χ1n) is 7.13. The summed E-state index contributed by atoms with van der Waals surface area (Å²) in [4.78, 5) is 11.7. The number of benzene rings is 2. The van der Waals surface area contributed by atoms with E-state index in [9.17, 15) is 13.2 Å². The van der Waals surface area contributed by atoms with Crippen molar-refractivity contribution in [3.8, 4) is 5.75 Å². The van der Waals surface area contributed by atoms with Crippen LogP contribution >= 0.6 is 0 Å². The highest BCUT2D eigenvalue weighted by atomic mass is 32.2. The SMILES string of the molecule is NS(=O)(=O)CCOc1ccc(NC(=O)OCc2ccccc2)cc1. The summed E-state index contributed by atoms with van der Waals surface area (Å²) in [6, 6.07) is 15.8. The van der Waals surface area contributed by atoms with Crippen LogP contribution < -0.4 is 15.2 Å². The summed E-state index contributed by atoms with van der Waals surface area (Å²) < 4.78 is 31.9. The number of carbonyl (C=O) groups is 1. The highest BCUT2D eigenvalue weighted by Gasteiger charge is 2.05. The van der Waals surface area contributed by atoms with Crippen LogP contribution in [0.5, 0.6) is 5.75 Å². The predicted molar refractivity (Wildman–Crippen MR) is 90.2 cm³/mol. The standard InChI is InChI=1S/C16H18N2O5S/c17-24(20,21)11-10-22-15-8-6-14(7-9-15)18-16(19)23-12-13-4-2-1-3-5-13/h1-9H,10-12H2,(H,18,19)(H2,17,20,21). The maximum Gasteiger partial charge on any atom is 0.411 e. The molecule has 0 unspecified atom stereocenters. The van der Waals surface area contributed by atoms with E-state index >= 15 is 0 Å². The molecule has 0 aromatic heterocycles. The number of anilines is 1. The fourth-order valence-electron chi connectivity index (χ4n) is 1.79. The molecule has 8 heteroatoms. The Morgan fingerprint density at radius 2 is 1.71 bits per heavy atom. The van der Waals surface area contributed by atoms with E-state index in [1.54, 1.807) is 24.3 Å². The number of hydrogen-bond donors (Lipinski definition) is 2. The average Bonchev–Trinajstić information content (AvgIpc) is 2.54. The topological polar surface area (TPSA) is 108 Å².